The van der Waals surface area contributed by atoms with Gasteiger partial charge in [-0.1, -0.05) is 19.0 Å². The molecule has 1 saturated carbocycles. The number of aromatic nitrogens is 1. The highest BCUT2D eigenvalue weighted by atomic mass is 16.5. The number of ether oxygens (including phenoxy) is 2. The van der Waals surface area contributed by atoms with Crippen LogP contribution in [0.5, 0.6) is 0 Å². The highest BCUT2D eigenvalue weighted by molar-refractivity contribution is 5.74. The molecule has 7 heteroatoms. The molecule has 0 unspecified atom stereocenters. The number of hydrogen-bond donors (Lipinski definition) is 1. The van der Waals surface area contributed by atoms with Crippen LogP contribution in [0.3, 0.4) is 0 Å². The quantitative estimate of drug-likeness (QED) is 0.887. The van der Waals surface area contributed by atoms with Crippen molar-refractivity contribution in [2.24, 2.45) is 11.3 Å². The Kier molecular flexibility index (Phi) is 5.10. The van der Waals surface area contributed by atoms with E-state index in [2.05, 4.69) is 24.3 Å². The van der Waals surface area contributed by atoms with E-state index in [1.54, 1.807) is 7.11 Å². The SMILES string of the molecule is COCc1cc(C[C@@H]2C[C@H](NC(=O)N3CCOCC3)C2(C)C)no1. The maximum absolute atomic E-state index is 12.3. The van der Waals surface area contributed by atoms with Crippen LogP contribution in [0, 0.1) is 11.3 Å². The zero-order chi connectivity index (χ0) is 17.2. The van der Waals surface area contributed by atoms with Gasteiger partial charge >= 0.3 is 6.03 Å². The molecule has 1 aliphatic heterocycles. The molecule has 134 valence electrons. The number of amides is 2. The first-order valence-corrected chi connectivity index (χ1v) is 8.57. The molecular weight excluding hydrogens is 310 g/mol. The second kappa shape index (κ2) is 7.11. The average Bonchev–Trinajstić information content (AvgIpc) is 3.02. The predicted molar refractivity (Wildman–Crippen MR) is 87.5 cm³/mol. The lowest BCUT2D eigenvalue weighted by molar-refractivity contribution is 0.0101. The average molecular weight is 337 g/mol. The molecule has 1 aromatic rings. The van der Waals surface area contributed by atoms with Gasteiger partial charge in [0.15, 0.2) is 5.76 Å². The summed E-state index contributed by atoms with van der Waals surface area (Å²) in [5.74, 6) is 1.23. The number of carbonyl (C=O) groups excluding carboxylic acids is 1. The smallest absolute Gasteiger partial charge is 0.317 e. The standard InChI is InChI=1S/C17H27N3O4/c1-17(2)12(8-13-10-14(11-22-3)24-19-13)9-15(17)18-16(21)20-4-6-23-7-5-20/h10,12,15H,4-9,11H2,1-3H3,(H,18,21)/t12-,15+/m1/s1. The molecule has 0 bridgehead atoms. The molecule has 0 spiro atoms. The minimum absolute atomic E-state index is 0.0265. The topological polar surface area (TPSA) is 76.8 Å². The van der Waals surface area contributed by atoms with Crippen LogP contribution in [0.25, 0.3) is 0 Å². The van der Waals surface area contributed by atoms with E-state index < -0.39 is 0 Å². The van der Waals surface area contributed by atoms with Crippen molar-refractivity contribution in [1.29, 1.82) is 0 Å². The van der Waals surface area contributed by atoms with Crippen LogP contribution in [0.15, 0.2) is 10.6 Å². The van der Waals surface area contributed by atoms with Crippen LogP contribution in [-0.2, 0) is 22.5 Å². The zero-order valence-corrected chi connectivity index (χ0v) is 14.7. The summed E-state index contributed by atoms with van der Waals surface area (Å²) in [5.41, 5.74) is 1.00. The Bertz CT molecular complexity index is 566. The number of nitrogens with zero attached hydrogens (tertiary/aromatic N) is 2. The number of methoxy groups -OCH3 is 1. The first kappa shape index (κ1) is 17.2. The van der Waals surface area contributed by atoms with E-state index in [4.69, 9.17) is 14.0 Å². The number of urea groups is 1. The van der Waals surface area contributed by atoms with Crippen LogP contribution < -0.4 is 5.32 Å². The minimum atomic E-state index is 0.0265. The summed E-state index contributed by atoms with van der Waals surface area (Å²) < 4.78 is 15.6. The molecule has 2 fully saturated rings. The summed E-state index contributed by atoms with van der Waals surface area (Å²) in [6.07, 6.45) is 1.83. The maximum atomic E-state index is 12.3. The molecule has 0 aromatic carbocycles. The third kappa shape index (κ3) is 3.57. The van der Waals surface area contributed by atoms with Gasteiger partial charge in [-0.25, -0.2) is 4.79 Å². The lowest BCUT2D eigenvalue weighted by Crippen LogP contribution is -2.61. The van der Waals surface area contributed by atoms with Gasteiger partial charge in [-0.05, 0) is 24.2 Å². The lowest BCUT2D eigenvalue weighted by atomic mass is 9.57. The van der Waals surface area contributed by atoms with Crippen LogP contribution >= 0.6 is 0 Å². The van der Waals surface area contributed by atoms with Crippen LogP contribution in [-0.4, -0.2) is 55.5 Å². The fraction of sp³-hybridized carbons (Fsp3) is 0.765. The highest BCUT2D eigenvalue weighted by Crippen LogP contribution is 2.47. The van der Waals surface area contributed by atoms with Gasteiger partial charge in [0, 0.05) is 32.3 Å². The molecule has 2 atom stereocenters. The molecule has 1 N–H and O–H groups in total. The van der Waals surface area contributed by atoms with Crippen molar-refractivity contribution in [3.63, 3.8) is 0 Å². The van der Waals surface area contributed by atoms with Crippen LogP contribution in [0.1, 0.15) is 31.7 Å². The molecule has 7 nitrogen and oxygen atoms in total. The summed E-state index contributed by atoms with van der Waals surface area (Å²) in [6.45, 7) is 7.45. The fourth-order valence-electron chi connectivity index (χ4n) is 3.53. The first-order chi connectivity index (χ1) is 11.5. The highest BCUT2D eigenvalue weighted by Gasteiger charge is 2.49. The molecule has 1 saturated heterocycles. The molecule has 1 aromatic heterocycles. The van der Waals surface area contributed by atoms with Gasteiger partial charge in [0.2, 0.25) is 0 Å². The normalized spacial score (nSPS) is 26.0. The summed E-state index contributed by atoms with van der Waals surface area (Å²) in [7, 11) is 1.64. The van der Waals surface area contributed by atoms with Gasteiger partial charge in [-0.3, -0.25) is 0 Å². The largest absolute Gasteiger partial charge is 0.378 e. The van der Waals surface area contributed by atoms with Gasteiger partial charge < -0.3 is 24.2 Å². The third-order valence-electron chi connectivity index (χ3n) is 5.42. The van der Waals surface area contributed by atoms with E-state index in [-0.39, 0.29) is 17.5 Å². The zero-order valence-electron chi connectivity index (χ0n) is 14.7. The number of carbonyl (C=O) groups is 1. The lowest BCUT2D eigenvalue weighted by Gasteiger charge is -2.52. The monoisotopic (exact) mass is 337 g/mol. The summed E-state index contributed by atoms with van der Waals surface area (Å²) >= 11 is 0. The number of rotatable bonds is 5. The molecule has 2 aliphatic rings. The van der Waals surface area contributed by atoms with Crippen molar-refractivity contribution < 1.29 is 18.8 Å². The van der Waals surface area contributed by atoms with Crippen molar-refractivity contribution in [1.82, 2.24) is 15.4 Å². The molecule has 2 amide bonds. The Hall–Kier alpha value is -1.60. The van der Waals surface area contributed by atoms with Crippen LogP contribution in [0.2, 0.25) is 0 Å². The Morgan fingerprint density at radius 2 is 2.21 bits per heavy atom. The molecule has 2 heterocycles. The van der Waals surface area contributed by atoms with Gasteiger partial charge in [0.1, 0.15) is 6.61 Å². The Morgan fingerprint density at radius 1 is 1.46 bits per heavy atom. The van der Waals surface area contributed by atoms with Gasteiger partial charge in [-0.2, -0.15) is 0 Å². The third-order valence-corrected chi connectivity index (χ3v) is 5.42. The number of nitrogens with one attached hydrogen (secondary N) is 1. The van der Waals surface area contributed by atoms with Crippen molar-refractivity contribution in [3.8, 4) is 0 Å². The molecule has 0 radical (unpaired) electrons. The van der Waals surface area contributed by atoms with E-state index in [1.165, 1.54) is 0 Å². The number of morpholine rings is 1. The maximum Gasteiger partial charge on any atom is 0.317 e. The predicted octanol–water partition coefficient (Wildman–Crippen LogP) is 1.82. The minimum Gasteiger partial charge on any atom is -0.378 e. The van der Waals surface area contributed by atoms with Crippen molar-refractivity contribution in [3.05, 3.63) is 17.5 Å². The van der Waals surface area contributed by atoms with E-state index in [9.17, 15) is 4.79 Å². The molecule has 24 heavy (non-hydrogen) atoms. The van der Waals surface area contributed by atoms with E-state index in [1.807, 2.05) is 11.0 Å². The van der Waals surface area contributed by atoms with Gasteiger partial charge in [-0.15, -0.1) is 0 Å². The van der Waals surface area contributed by atoms with E-state index >= 15 is 0 Å². The number of hydrogen-bond acceptors (Lipinski definition) is 5. The Labute approximate surface area is 142 Å². The molecular formula is C17H27N3O4. The van der Waals surface area contributed by atoms with Crippen molar-refractivity contribution in [2.75, 3.05) is 33.4 Å². The van der Waals surface area contributed by atoms with Crippen molar-refractivity contribution >= 4 is 6.03 Å². The van der Waals surface area contributed by atoms with Crippen molar-refractivity contribution in [2.45, 2.75) is 39.3 Å². The van der Waals surface area contributed by atoms with Gasteiger partial charge in [0.25, 0.3) is 0 Å². The van der Waals surface area contributed by atoms with Gasteiger partial charge in [0.05, 0.1) is 18.9 Å². The Balaban J connectivity index is 1.51. The first-order valence-electron chi connectivity index (χ1n) is 8.57. The second-order valence-corrected chi connectivity index (χ2v) is 7.28. The van der Waals surface area contributed by atoms with E-state index in [0.717, 1.165) is 24.3 Å². The molecule has 3 rings (SSSR count). The molecule has 1 aliphatic carbocycles. The summed E-state index contributed by atoms with van der Waals surface area (Å²) in [4.78, 5) is 14.2. The second-order valence-electron chi connectivity index (χ2n) is 7.28. The Morgan fingerprint density at radius 3 is 2.88 bits per heavy atom. The summed E-state index contributed by atoms with van der Waals surface area (Å²) in [6, 6.07) is 2.18. The fourth-order valence-corrected chi connectivity index (χ4v) is 3.53. The van der Waals surface area contributed by atoms with Crippen LogP contribution in [0.4, 0.5) is 4.79 Å². The van der Waals surface area contributed by atoms with E-state index in [0.29, 0.717) is 38.8 Å². The summed E-state index contributed by atoms with van der Waals surface area (Å²) in [5, 5.41) is 7.30.